The Hall–Kier alpha value is -1.88. The lowest BCUT2D eigenvalue weighted by molar-refractivity contribution is -0.139. The van der Waals surface area contributed by atoms with E-state index in [0.29, 0.717) is 5.02 Å². The Morgan fingerprint density at radius 3 is 2.45 bits per heavy atom. The number of nitrogens with one attached hydrogen (secondary N) is 2. The minimum atomic E-state index is -0.748. The van der Waals surface area contributed by atoms with E-state index in [2.05, 4.69) is 15.8 Å². The van der Waals surface area contributed by atoms with E-state index in [9.17, 15) is 9.59 Å². The van der Waals surface area contributed by atoms with Crippen LogP contribution in [0.4, 0.5) is 0 Å². The summed E-state index contributed by atoms with van der Waals surface area (Å²) < 4.78 is 0. The molecule has 0 spiro atoms. The molecule has 0 saturated heterocycles. The van der Waals surface area contributed by atoms with Crippen molar-refractivity contribution in [2.75, 3.05) is 0 Å². The zero-order valence-corrected chi connectivity index (χ0v) is 11.7. The van der Waals surface area contributed by atoms with Crippen LogP contribution in [0, 0.1) is 0 Å². The topological polar surface area (TPSA) is 70.6 Å². The monoisotopic (exact) mass is 293 g/mol. The van der Waals surface area contributed by atoms with Gasteiger partial charge < -0.3 is 5.32 Å². The van der Waals surface area contributed by atoms with Gasteiger partial charge >= 0.3 is 11.8 Å². The van der Waals surface area contributed by atoms with Crippen LogP contribution in [0.25, 0.3) is 0 Å². The zero-order valence-electron chi connectivity index (χ0n) is 10.9. The zero-order chi connectivity index (χ0) is 14.4. The largest absolute Gasteiger partial charge is 0.345 e. The molecule has 0 aliphatic heterocycles. The molecule has 5 nitrogen and oxygen atoms in total. The van der Waals surface area contributed by atoms with E-state index in [1.165, 1.54) is 6.21 Å². The molecule has 0 atom stereocenters. The summed E-state index contributed by atoms with van der Waals surface area (Å²) in [5, 5.41) is 7.06. The molecule has 1 aromatic carbocycles. The number of hydrazone groups is 1. The standard InChI is InChI=1S/C14H16ClN3O2/c15-11-7-5-10(6-8-11)9-16-18-14(20)13(19)17-12-3-1-2-4-12/h5-9,12H,1-4H2,(H,17,19)(H,18,20)/b16-9-. The van der Waals surface area contributed by atoms with Gasteiger partial charge in [-0.2, -0.15) is 5.10 Å². The third-order valence-electron chi connectivity index (χ3n) is 3.15. The highest BCUT2D eigenvalue weighted by Crippen LogP contribution is 2.17. The van der Waals surface area contributed by atoms with Crippen molar-refractivity contribution >= 4 is 29.6 Å². The Bertz CT molecular complexity index is 508. The van der Waals surface area contributed by atoms with Gasteiger partial charge in [0.15, 0.2) is 0 Å². The molecule has 1 saturated carbocycles. The first-order valence-corrected chi connectivity index (χ1v) is 6.92. The number of carbonyl (C=O) groups excluding carboxylic acids is 2. The van der Waals surface area contributed by atoms with Gasteiger partial charge in [-0.15, -0.1) is 0 Å². The minimum absolute atomic E-state index is 0.119. The van der Waals surface area contributed by atoms with Crippen molar-refractivity contribution in [1.82, 2.24) is 10.7 Å². The van der Waals surface area contributed by atoms with Crippen molar-refractivity contribution in [3.63, 3.8) is 0 Å². The molecule has 6 heteroatoms. The van der Waals surface area contributed by atoms with Crippen molar-refractivity contribution in [3.05, 3.63) is 34.9 Å². The highest BCUT2D eigenvalue weighted by molar-refractivity contribution is 6.35. The molecule has 1 aromatic rings. The lowest BCUT2D eigenvalue weighted by Crippen LogP contribution is -2.42. The number of halogens is 1. The molecule has 20 heavy (non-hydrogen) atoms. The Balaban J connectivity index is 1.78. The predicted molar refractivity (Wildman–Crippen MR) is 77.6 cm³/mol. The normalized spacial score (nSPS) is 15.4. The van der Waals surface area contributed by atoms with E-state index in [1.54, 1.807) is 24.3 Å². The van der Waals surface area contributed by atoms with Gasteiger partial charge in [-0.05, 0) is 30.5 Å². The maximum Gasteiger partial charge on any atom is 0.329 e. The van der Waals surface area contributed by atoms with E-state index in [0.717, 1.165) is 31.2 Å². The van der Waals surface area contributed by atoms with Crippen LogP contribution >= 0.6 is 11.6 Å². The van der Waals surface area contributed by atoms with Crippen molar-refractivity contribution in [1.29, 1.82) is 0 Å². The van der Waals surface area contributed by atoms with Crippen LogP contribution in [0.3, 0.4) is 0 Å². The molecule has 0 aromatic heterocycles. The van der Waals surface area contributed by atoms with Gasteiger partial charge in [-0.3, -0.25) is 9.59 Å². The summed E-state index contributed by atoms with van der Waals surface area (Å²) in [6, 6.07) is 7.08. The third kappa shape index (κ3) is 4.35. The molecule has 1 fully saturated rings. The van der Waals surface area contributed by atoms with E-state index in [-0.39, 0.29) is 6.04 Å². The molecule has 0 bridgehead atoms. The molecule has 2 rings (SSSR count). The van der Waals surface area contributed by atoms with Crippen LogP contribution in [0.2, 0.25) is 5.02 Å². The Morgan fingerprint density at radius 2 is 1.80 bits per heavy atom. The summed E-state index contributed by atoms with van der Waals surface area (Å²) in [5.74, 6) is -1.38. The third-order valence-corrected chi connectivity index (χ3v) is 3.40. The number of benzene rings is 1. The highest BCUT2D eigenvalue weighted by atomic mass is 35.5. The quantitative estimate of drug-likeness (QED) is 0.507. The fourth-order valence-electron chi connectivity index (χ4n) is 2.09. The fraction of sp³-hybridized carbons (Fsp3) is 0.357. The number of hydrogen-bond donors (Lipinski definition) is 2. The maximum atomic E-state index is 11.6. The number of amides is 2. The van der Waals surface area contributed by atoms with Crippen LogP contribution in [-0.2, 0) is 9.59 Å². The molecule has 0 radical (unpaired) electrons. The average Bonchev–Trinajstić information content (AvgIpc) is 2.93. The molecular weight excluding hydrogens is 278 g/mol. The molecule has 1 aliphatic rings. The fourth-order valence-corrected chi connectivity index (χ4v) is 2.21. The van der Waals surface area contributed by atoms with Gasteiger partial charge in [-0.25, -0.2) is 5.43 Å². The molecule has 0 unspecified atom stereocenters. The van der Waals surface area contributed by atoms with Crippen molar-refractivity contribution in [2.24, 2.45) is 5.10 Å². The first-order chi connectivity index (χ1) is 9.65. The number of rotatable bonds is 3. The SMILES string of the molecule is O=C(N/N=C\c1ccc(Cl)cc1)C(=O)NC1CCCC1. The molecule has 1 aliphatic carbocycles. The second-order valence-corrected chi connectivity index (χ2v) is 5.14. The van der Waals surface area contributed by atoms with Gasteiger partial charge in [0.2, 0.25) is 0 Å². The van der Waals surface area contributed by atoms with Crippen molar-refractivity contribution < 1.29 is 9.59 Å². The predicted octanol–water partition coefficient (Wildman–Crippen LogP) is 1.85. The van der Waals surface area contributed by atoms with Gasteiger partial charge in [0.05, 0.1) is 6.21 Å². The van der Waals surface area contributed by atoms with Crippen LogP contribution in [0.1, 0.15) is 31.2 Å². The van der Waals surface area contributed by atoms with Crippen LogP contribution in [0.15, 0.2) is 29.4 Å². The summed E-state index contributed by atoms with van der Waals surface area (Å²) in [5.41, 5.74) is 2.99. The summed E-state index contributed by atoms with van der Waals surface area (Å²) in [4.78, 5) is 23.1. The van der Waals surface area contributed by atoms with Crippen LogP contribution in [0.5, 0.6) is 0 Å². The highest BCUT2D eigenvalue weighted by Gasteiger charge is 2.20. The summed E-state index contributed by atoms with van der Waals surface area (Å²) in [6.07, 6.45) is 5.53. The number of hydrogen-bond acceptors (Lipinski definition) is 3. The minimum Gasteiger partial charge on any atom is -0.345 e. The van der Waals surface area contributed by atoms with Gasteiger partial charge in [-0.1, -0.05) is 36.6 Å². The van der Waals surface area contributed by atoms with Gasteiger partial charge in [0, 0.05) is 11.1 Å². The summed E-state index contributed by atoms with van der Waals surface area (Å²) in [6.45, 7) is 0. The summed E-state index contributed by atoms with van der Waals surface area (Å²) in [7, 11) is 0. The Kier molecular flexibility index (Phi) is 5.12. The Labute approximate surface area is 122 Å². The smallest absolute Gasteiger partial charge is 0.329 e. The molecule has 2 amide bonds. The van der Waals surface area contributed by atoms with E-state index < -0.39 is 11.8 Å². The second kappa shape index (κ2) is 7.05. The lowest BCUT2D eigenvalue weighted by Gasteiger charge is -2.10. The average molecular weight is 294 g/mol. The van der Waals surface area contributed by atoms with Gasteiger partial charge in [0.1, 0.15) is 0 Å². The lowest BCUT2D eigenvalue weighted by atomic mass is 10.2. The number of nitrogens with zero attached hydrogens (tertiary/aromatic N) is 1. The van der Waals surface area contributed by atoms with Gasteiger partial charge in [0.25, 0.3) is 0 Å². The first kappa shape index (κ1) is 14.5. The van der Waals surface area contributed by atoms with Crippen molar-refractivity contribution in [2.45, 2.75) is 31.7 Å². The van der Waals surface area contributed by atoms with Crippen LogP contribution < -0.4 is 10.7 Å². The Morgan fingerprint density at radius 1 is 1.15 bits per heavy atom. The van der Waals surface area contributed by atoms with Crippen molar-refractivity contribution in [3.8, 4) is 0 Å². The maximum absolute atomic E-state index is 11.6. The first-order valence-electron chi connectivity index (χ1n) is 6.54. The molecule has 106 valence electrons. The van der Waals surface area contributed by atoms with E-state index in [4.69, 9.17) is 11.6 Å². The molecule has 0 heterocycles. The molecule has 2 N–H and O–H groups in total. The second-order valence-electron chi connectivity index (χ2n) is 4.71. The number of carbonyl (C=O) groups is 2. The van der Waals surface area contributed by atoms with E-state index in [1.807, 2.05) is 0 Å². The van der Waals surface area contributed by atoms with Crippen LogP contribution in [-0.4, -0.2) is 24.1 Å². The van der Waals surface area contributed by atoms with E-state index >= 15 is 0 Å². The molecular formula is C14H16ClN3O2. The summed E-state index contributed by atoms with van der Waals surface area (Å²) >= 11 is 5.75.